The molecule has 0 saturated carbocycles. The van der Waals surface area contributed by atoms with Crippen molar-refractivity contribution in [3.63, 3.8) is 0 Å². The van der Waals surface area contributed by atoms with Gasteiger partial charge in [0.2, 0.25) is 0 Å². The molecule has 0 fully saturated rings. The molecule has 2 aromatic heterocycles. The monoisotopic (exact) mass is 330 g/mol. The highest BCUT2D eigenvalue weighted by atomic mass is 32.2. The Hall–Kier alpha value is -1.73. The van der Waals surface area contributed by atoms with Crippen molar-refractivity contribution in [3.8, 4) is 5.69 Å². The fraction of sp³-hybridized carbons (Fsp3) is 0.267. The minimum Gasteiger partial charge on any atom is -0.285 e. The Kier molecular flexibility index (Phi) is 3.27. The molecule has 0 N–H and O–H groups in total. The molecule has 1 aliphatic heterocycles. The topological polar surface area (TPSA) is 52.7 Å². The van der Waals surface area contributed by atoms with Crippen molar-refractivity contribution >= 4 is 34.7 Å². The smallest absolute Gasteiger partial charge is 0.280 e. The molecule has 7 heteroatoms. The van der Waals surface area contributed by atoms with Crippen LogP contribution in [0.2, 0.25) is 0 Å². The lowest BCUT2D eigenvalue weighted by atomic mass is 10.3. The molecule has 112 valence electrons. The van der Waals surface area contributed by atoms with Gasteiger partial charge in [0.15, 0.2) is 21.5 Å². The van der Waals surface area contributed by atoms with Crippen LogP contribution in [0.4, 0.5) is 0 Å². The van der Waals surface area contributed by atoms with E-state index in [-0.39, 0.29) is 5.56 Å². The van der Waals surface area contributed by atoms with E-state index in [1.165, 1.54) is 11.8 Å². The first-order chi connectivity index (χ1) is 10.7. The van der Waals surface area contributed by atoms with Gasteiger partial charge in [-0.2, -0.15) is 0 Å². The van der Waals surface area contributed by atoms with Crippen molar-refractivity contribution in [2.45, 2.75) is 29.0 Å². The lowest BCUT2D eigenvalue weighted by molar-refractivity contribution is 0.626. The summed E-state index contributed by atoms with van der Waals surface area (Å²) in [6.07, 6.45) is 1.96. The Labute approximate surface area is 135 Å². The molecule has 5 nitrogen and oxygen atoms in total. The number of imidazole rings is 1. The van der Waals surface area contributed by atoms with Gasteiger partial charge < -0.3 is 0 Å². The summed E-state index contributed by atoms with van der Waals surface area (Å²) in [4.78, 5) is 22.1. The van der Waals surface area contributed by atoms with Crippen molar-refractivity contribution in [1.82, 2.24) is 19.1 Å². The molecule has 1 aromatic carbocycles. The van der Waals surface area contributed by atoms with Gasteiger partial charge in [0.05, 0.1) is 0 Å². The van der Waals surface area contributed by atoms with E-state index in [1.54, 1.807) is 16.3 Å². The van der Waals surface area contributed by atoms with Gasteiger partial charge in [0.25, 0.3) is 5.56 Å². The number of fused-ring (bicyclic) bond motifs is 2. The lowest BCUT2D eigenvalue weighted by Crippen LogP contribution is -2.23. The highest BCUT2D eigenvalue weighted by molar-refractivity contribution is 8.00. The van der Waals surface area contributed by atoms with E-state index in [2.05, 4.69) is 16.9 Å². The molecule has 0 aliphatic carbocycles. The van der Waals surface area contributed by atoms with Gasteiger partial charge in [0.1, 0.15) is 0 Å². The molecule has 22 heavy (non-hydrogen) atoms. The van der Waals surface area contributed by atoms with E-state index >= 15 is 0 Å². The van der Waals surface area contributed by atoms with Gasteiger partial charge >= 0.3 is 0 Å². The van der Waals surface area contributed by atoms with E-state index in [0.717, 1.165) is 16.0 Å². The summed E-state index contributed by atoms with van der Waals surface area (Å²) in [6.45, 7) is 2.81. The first-order valence-corrected chi connectivity index (χ1v) is 9.09. The van der Waals surface area contributed by atoms with Crippen LogP contribution in [-0.4, -0.2) is 30.6 Å². The Morgan fingerprint density at radius 3 is 2.77 bits per heavy atom. The zero-order chi connectivity index (χ0) is 15.3. The number of para-hydroxylation sites is 1. The Morgan fingerprint density at radius 2 is 2.05 bits per heavy atom. The van der Waals surface area contributed by atoms with Gasteiger partial charge in [-0.25, -0.2) is 9.97 Å². The summed E-state index contributed by atoms with van der Waals surface area (Å²) < 4.78 is 3.68. The van der Waals surface area contributed by atoms with E-state index in [1.807, 2.05) is 41.2 Å². The maximum atomic E-state index is 12.9. The van der Waals surface area contributed by atoms with Crippen molar-refractivity contribution in [1.29, 1.82) is 0 Å². The maximum absolute atomic E-state index is 12.9. The van der Waals surface area contributed by atoms with Crippen LogP contribution in [0.15, 0.2) is 45.4 Å². The van der Waals surface area contributed by atoms with Gasteiger partial charge in [-0.1, -0.05) is 48.6 Å². The largest absolute Gasteiger partial charge is 0.285 e. The van der Waals surface area contributed by atoms with E-state index < -0.39 is 0 Å². The first kappa shape index (κ1) is 13.9. The Morgan fingerprint density at radius 1 is 1.27 bits per heavy atom. The molecular formula is C15H14N4OS2. The molecule has 0 spiro atoms. The second-order valence-corrected chi connectivity index (χ2v) is 7.36. The van der Waals surface area contributed by atoms with Crippen LogP contribution in [0.5, 0.6) is 0 Å². The zero-order valence-electron chi connectivity index (χ0n) is 12.2. The minimum atomic E-state index is -0.00602. The number of hydrogen-bond donors (Lipinski definition) is 0. The van der Waals surface area contributed by atoms with Crippen molar-refractivity contribution in [2.24, 2.45) is 0 Å². The Bertz CT molecular complexity index is 917. The predicted octanol–water partition coefficient (Wildman–Crippen LogP) is 2.80. The zero-order valence-corrected chi connectivity index (χ0v) is 13.8. The molecule has 0 radical (unpaired) electrons. The minimum absolute atomic E-state index is 0.00602. The van der Waals surface area contributed by atoms with Crippen LogP contribution in [-0.2, 0) is 6.54 Å². The number of thioether (sulfide) groups is 2. The molecule has 1 aliphatic rings. The number of hydrogen-bond acceptors (Lipinski definition) is 5. The van der Waals surface area contributed by atoms with Crippen LogP contribution in [0.3, 0.4) is 0 Å². The van der Waals surface area contributed by atoms with Crippen LogP contribution in [0, 0.1) is 0 Å². The fourth-order valence-corrected chi connectivity index (χ4v) is 4.27. The summed E-state index contributed by atoms with van der Waals surface area (Å²) in [6, 6.07) is 9.84. The van der Waals surface area contributed by atoms with Crippen LogP contribution in [0.25, 0.3) is 16.9 Å². The third-order valence-corrected chi connectivity index (χ3v) is 5.36. The Balaban J connectivity index is 2.08. The second-order valence-electron chi connectivity index (χ2n) is 5.18. The maximum Gasteiger partial charge on any atom is 0.280 e. The molecule has 3 aromatic rings. The van der Waals surface area contributed by atoms with Crippen molar-refractivity contribution in [2.75, 3.05) is 6.26 Å². The number of nitrogens with zero attached hydrogens (tertiary/aromatic N) is 4. The molecule has 3 heterocycles. The number of benzene rings is 1. The predicted molar refractivity (Wildman–Crippen MR) is 90.2 cm³/mol. The molecule has 4 rings (SSSR count). The molecule has 1 unspecified atom stereocenters. The van der Waals surface area contributed by atoms with Gasteiger partial charge in [0, 0.05) is 17.5 Å². The number of aromatic nitrogens is 4. The third-order valence-electron chi connectivity index (χ3n) is 3.65. The average molecular weight is 330 g/mol. The first-order valence-electron chi connectivity index (χ1n) is 6.98. The van der Waals surface area contributed by atoms with Crippen LogP contribution < -0.4 is 5.56 Å². The summed E-state index contributed by atoms with van der Waals surface area (Å²) in [7, 11) is 0. The van der Waals surface area contributed by atoms with Crippen molar-refractivity contribution < 1.29 is 0 Å². The molecule has 0 bridgehead atoms. The normalized spacial score (nSPS) is 17.1. The molecular weight excluding hydrogens is 316 g/mol. The molecule has 0 amide bonds. The summed E-state index contributed by atoms with van der Waals surface area (Å²) in [5.74, 6) is 0. The van der Waals surface area contributed by atoms with Gasteiger partial charge in [-0.3, -0.25) is 13.9 Å². The third kappa shape index (κ3) is 1.99. The quantitative estimate of drug-likeness (QED) is 0.534. The highest BCUT2D eigenvalue weighted by Gasteiger charge is 2.26. The van der Waals surface area contributed by atoms with E-state index in [0.29, 0.717) is 23.0 Å². The van der Waals surface area contributed by atoms with Gasteiger partial charge in [-0.15, -0.1) is 0 Å². The van der Waals surface area contributed by atoms with Gasteiger partial charge in [-0.05, 0) is 18.4 Å². The molecule has 1 atom stereocenters. The second kappa shape index (κ2) is 5.17. The molecule has 0 saturated heterocycles. The van der Waals surface area contributed by atoms with E-state index in [9.17, 15) is 4.79 Å². The fourth-order valence-electron chi connectivity index (χ4n) is 2.70. The average Bonchev–Trinajstić information content (AvgIpc) is 3.08. The van der Waals surface area contributed by atoms with Crippen molar-refractivity contribution in [3.05, 3.63) is 40.7 Å². The van der Waals surface area contributed by atoms with Crippen LogP contribution in [0.1, 0.15) is 6.92 Å². The lowest BCUT2D eigenvalue weighted by Gasteiger charge is -2.07. The summed E-state index contributed by atoms with van der Waals surface area (Å²) in [5, 5.41) is 1.93. The van der Waals surface area contributed by atoms with E-state index in [4.69, 9.17) is 0 Å². The highest BCUT2D eigenvalue weighted by Crippen LogP contribution is 2.31. The standard InChI is InChI=1S/C15H14N4OS2/c1-9-8-18-13(20)11-12(16-14(18)22-9)17-15(21-2)19(11)10-6-4-3-5-7-10/h3-7,9H,8H2,1-2H3. The van der Waals surface area contributed by atoms with Crippen LogP contribution >= 0.6 is 23.5 Å². The summed E-state index contributed by atoms with van der Waals surface area (Å²) in [5.41, 5.74) is 2.03. The summed E-state index contributed by atoms with van der Waals surface area (Å²) >= 11 is 3.15. The SMILES string of the molecule is CSc1nc2nc3n(c(=O)c2n1-c1ccccc1)CC(C)S3. The number of rotatable bonds is 2.